The van der Waals surface area contributed by atoms with Crippen molar-refractivity contribution >= 4 is 5.91 Å². The van der Waals surface area contributed by atoms with E-state index in [0.717, 1.165) is 42.0 Å². The first kappa shape index (κ1) is 19.9. The third-order valence-electron chi connectivity index (χ3n) is 4.63. The number of rotatable bonds is 8. The van der Waals surface area contributed by atoms with Gasteiger partial charge in [-0.25, -0.2) is 0 Å². The number of carbonyl (C=O) groups excluding carboxylic acids is 1. The van der Waals surface area contributed by atoms with E-state index < -0.39 is 0 Å². The summed E-state index contributed by atoms with van der Waals surface area (Å²) in [6.07, 6.45) is 2.25. The summed E-state index contributed by atoms with van der Waals surface area (Å²) in [5.41, 5.74) is 3.44. The number of hydrogen-bond acceptors (Lipinski definition) is 4. The van der Waals surface area contributed by atoms with Gasteiger partial charge in [-0.15, -0.1) is 0 Å². The lowest BCUT2D eigenvalue weighted by Crippen LogP contribution is -2.30. The van der Waals surface area contributed by atoms with Gasteiger partial charge in [0.25, 0.3) is 11.5 Å². The van der Waals surface area contributed by atoms with E-state index in [1.54, 1.807) is 16.8 Å². The fourth-order valence-corrected chi connectivity index (χ4v) is 2.92. The summed E-state index contributed by atoms with van der Waals surface area (Å²) in [6, 6.07) is 3.40. The Morgan fingerprint density at radius 2 is 2.08 bits per heavy atom. The highest BCUT2D eigenvalue weighted by Crippen LogP contribution is 2.11. The Morgan fingerprint density at radius 3 is 2.65 bits per heavy atom. The summed E-state index contributed by atoms with van der Waals surface area (Å²) >= 11 is 0. The second-order valence-electron chi connectivity index (χ2n) is 6.77. The Kier molecular flexibility index (Phi) is 6.74. The molecule has 26 heavy (non-hydrogen) atoms. The number of aromatic amines is 1. The topological polar surface area (TPSA) is 83.0 Å². The average Bonchev–Trinajstić information content (AvgIpc) is 2.83. The minimum Gasteiger partial charge on any atom is -0.348 e. The predicted octanol–water partition coefficient (Wildman–Crippen LogP) is 1.89. The molecule has 7 heteroatoms. The van der Waals surface area contributed by atoms with Crippen molar-refractivity contribution in [2.45, 2.75) is 46.7 Å². The number of aryl methyl sites for hydroxylation is 2. The molecule has 0 unspecified atom stereocenters. The molecule has 142 valence electrons. The standard InChI is InChI=1S/C19H29N5O2/c1-6-7-10-23(4)12-15-8-9-16(19(26)21-15)18(25)20-11-17-13(2)22-24(5)14(17)3/h8-9H,6-7,10-12H2,1-5H3,(H,20,25)(H,21,26). The first-order valence-corrected chi connectivity index (χ1v) is 9.01. The smallest absolute Gasteiger partial charge is 0.261 e. The number of amides is 1. The molecular formula is C19H29N5O2. The summed E-state index contributed by atoms with van der Waals surface area (Å²) in [7, 11) is 3.89. The number of hydrogen-bond donors (Lipinski definition) is 2. The average molecular weight is 359 g/mol. The lowest BCUT2D eigenvalue weighted by atomic mass is 10.2. The molecule has 0 aliphatic carbocycles. The van der Waals surface area contributed by atoms with Crippen molar-refractivity contribution in [3.63, 3.8) is 0 Å². The normalized spacial score (nSPS) is 11.2. The molecule has 0 aliphatic rings. The van der Waals surface area contributed by atoms with Crippen LogP contribution < -0.4 is 10.9 Å². The van der Waals surface area contributed by atoms with Gasteiger partial charge < -0.3 is 15.2 Å². The number of unbranched alkanes of at least 4 members (excludes halogenated alkanes) is 1. The van der Waals surface area contributed by atoms with Crippen LogP contribution in [0.5, 0.6) is 0 Å². The maximum atomic E-state index is 12.4. The Balaban J connectivity index is 2.02. The molecule has 7 nitrogen and oxygen atoms in total. The minimum absolute atomic E-state index is 0.129. The van der Waals surface area contributed by atoms with Crippen molar-refractivity contribution in [1.82, 2.24) is 25.0 Å². The quantitative estimate of drug-likeness (QED) is 0.754. The van der Waals surface area contributed by atoms with Crippen molar-refractivity contribution in [2.24, 2.45) is 7.05 Å². The van der Waals surface area contributed by atoms with Gasteiger partial charge in [0.1, 0.15) is 5.56 Å². The number of aromatic nitrogens is 3. The van der Waals surface area contributed by atoms with Gasteiger partial charge in [-0.05, 0) is 46.0 Å². The van der Waals surface area contributed by atoms with E-state index in [2.05, 4.69) is 27.2 Å². The molecule has 1 amide bonds. The summed E-state index contributed by atoms with van der Waals surface area (Å²) < 4.78 is 1.79. The van der Waals surface area contributed by atoms with Crippen molar-refractivity contribution in [3.8, 4) is 0 Å². The van der Waals surface area contributed by atoms with E-state index in [9.17, 15) is 9.59 Å². The molecule has 0 radical (unpaired) electrons. The van der Waals surface area contributed by atoms with Crippen molar-refractivity contribution in [1.29, 1.82) is 0 Å². The van der Waals surface area contributed by atoms with Gasteiger partial charge in [0, 0.05) is 37.1 Å². The van der Waals surface area contributed by atoms with E-state index in [1.807, 2.05) is 27.9 Å². The van der Waals surface area contributed by atoms with E-state index in [-0.39, 0.29) is 17.0 Å². The Hall–Kier alpha value is -2.41. The summed E-state index contributed by atoms with van der Waals surface area (Å²) in [6.45, 7) is 8.00. The van der Waals surface area contributed by atoms with Gasteiger partial charge in [-0.2, -0.15) is 5.10 Å². The SMILES string of the molecule is CCCCN(C)Cc1ccc(C(=O)NCc2c(C)nn(C)c2C)c(=O)[nH]1. The fourth-order valence-electron chi connectivity index (χ4n) is 2.92. The second kappa shape index (κ2) is 8.80. The molecule has 0 bridgehead atoms. The third-order valence-corrected chi connectivity index (χ3v) is 4.63. The van der Waals surface area contributed by atoms with Gasteiger partial charge >= 0.3 is 0 Å². The van der Waals surface area contributed by atoms with Gasteiger partial charge in [0.15, 0.2) is 0 Å². The molecule has 0 atom stereocenters. The van der Waals surface area contributed by atoms with Gasteiger partial charge in [0.2, 0.25) is 0 Å². The van der Waals surface area contributed by atoms with Gasteiger partial charge in [-0.1, -0.05) is 13.3 Å². The van der Waals surface area contributed by atoms with Crippen LogP contribution in [0.15, 0.2) is 16.9 Å². The van der Waals surface area contributed by atoms with Gasteiger partial charge in [-0.3, -0.25) is 14.3 Å². The lowest BCUT2D eigenvalue weighted by Gasteiger charge is -2.16. The van der Waals surface area contributed by atoms with E-state index in [0.29, 0.717) is 13.1 Å². The van der Waals surface area contributed by atoms with Crippen LogP contribution in [-0.2, 0) is 20.1 Å². The lowest BCUT2D eigenvalue weighted by molar-refractivity contribution is 0.0949. The molecule has 2 N–H and O–H groups in total. The first-order valence-electron chi connectivity index (χ1n) is 9.01. The molecule has 0 saturated carbocycles. The molecule has 0 aromatic carbocycles. The maximum absolute atomic E-state index is 12.4. The summed E-state index contributed by atoms with van der Waals surface area (Å²) in [5.74, 6) is -0.375. The highest BCUT2D eigenvalue weighted by molar-refractivity contribution is 5.93. The van der Waals surface area contributed by atoms with Crippen LogP contribution in [0, 0.1) is 13.8 Å². The molecule has 2 aromatic rings. The van der Waals surface area contributed by atoms with Crippen LogP contribution >= 0.6 is 0 Å². The van der Waals surface area contributed by atoms with Crippen LogP contribution in [0.3, 0.4) is 0 Å². The molecular weight excluding hydrogens is 330 g/mol. The summed E-state index contributed by atoms with van der Waals surface area (Å²) in [4.78, 5) is 29.6. The number of H-pyrrole nitrogens is 1. The van der Waals surface area contributed by atoms with E-state index in [4.69, 9.17) is 0 Å². The highest BCUT2D eigenvalue weighted by atomic mass is 16.2. The Bertz CT molecular complexity index is 822. The van der Waals surface area contributed by atoms with Crippen molar-refractivity contribution in [3.05, 3.63) is 50.7 Å². The van der Waals surface area contributed by atoms with E-state index in [1.165, 1.54) is 0 Å². The van der Waals surface area contributed by atoms with Crippen molar-refractivity contribution < 1.29 is 4.79 Å². The van der Waals surface area contributed by atoms with Crippen LogP contribution in [0.4, 0.5) is 0 Å². The maximum Gasteiger partial charge on any atom is 0.261 e. The summed E-state index contributed by atoms with van der Waals surface area (Å²) in [5, 5.41) is 7.15. The zero-order valence-corrected chi connectivity index (χ0v) is 16.3. The number of nitrogens with zero attached hydrogens (tertiary/aromatic N) is 3. The number of pyridine rings is 1. The second-order valence-corrected chi connectivity index (χ2v) is 6.77. The zero-order valence-electron chi connectivity index (χ0n) is 16.3. The van der Waals surface area contributed by atoms with Gasteiger partial charge in [0.05, 0.1) is 5.69 Å². The Labute approximate surface area is 154 Å². The van der Waals surface area contributed by atoms with Crippen LogP contribution in [0.25, 0.3) is 0 Å². The number of carbonyl (C=O) groups is 1. The predicted molar refractivity (Wildman–Crippen MR) is 102 cm³/mol. The Morgan fingerprint density at radius 1 is 1.35 bits per heavy atom. The van der Waals surface area contributed by atoms with Crippen LogP contribution in [-0.4, -0.2) is 39.2 Å². The number of nitrogens with one attached hydrogen (secondary N) is 2. The molecule has 0 fully saturated rings. The first-order chi connectivity index (χ1) is 12.3. The molecule has 0 aliphatic heterocycles. The zero-order chi connectivity index (χ0) is 19.3. The van der Waals surface area contributed by atoms with Crippen LogP contribution in [0.2, 0.25) is 0 Å². The monoisotopic (exact) mass is 359 g/mol. The molecule has 2 rings (SSSR count). The molecule has 2 aromatic heterocycles. The third kappa shape index (κ3) is 4.82. The molecule has 0 saturated heterocycles. The van der Waals surface area contributed by atoms with Crippen LogP contribution in [0.1, 0.15) is 52.8 Å². The fraction of sp³-hybridized carbons (Fsp3) is 0.526. The highest BCUT2D eigenvalue weighted by Gasteiger charge is 2.14. The minimum atomic E-state index is -0.375. The molecule has 0 spiro atoms. The van der Waals surface area contributed by atoms with E-state index >= 15 is 0 Å². The van der Waals surface area contributed by atoms with Crippen molar-refractivity contribution in [2.75, 3.05) is 13.6 Å². The largest absolute Gasteiger partial charge is 0.348 e. The molecule has 2 heterocycles.